The Bertz CT molecular complexity index is 755. The van der Waals surface area contributed by atoms with E-state index in [1.54, 1.807) is 24.5 Å². The molecule has 8 nitrogen and oxygen atoms in total. The number of nitrogens with zero attached hydrogens (tertiary/aromatic N) is 5. The van der Waals surface area contributed by atoms with Gasteiger partial charge in [0, 0.05) is 18.0 Å². The van der Waals surface area contributed by atoms with Crippen LogP contribution < -0.4 is 4.84 Å². The van der Waals surface area contributed by atoms with Crippen LogP contribution in [0.4, 0.5) is 0 Å². The predicted molar refractivity (Wildman–Crippen MR) is 70.5 cm³/mol. The number of rotatable bonds is 4. The van der Waals surface area contributed by atoms with Crippen LogP contribution in [0.25, 0.3) is 11.1 Å². The Labute approximate surface area is 118 Å². The Kier molecular flexibility index (Phi) is 3.26. The van der Waals surface area contributed by atoms with Crippen molar-refractivity contribution in [3.05, 3.63) is 54.9 Å². The lowest BCUT2D eigenvalue weighted by molar-refractivity contribution is 0.0690. The smallest absolute Gasteiger partial charge is 0.358 e. The van der Waals surface area contributed by atoms with Crippen molar-refractivity contribution in [2.45, 2.75) is 0 Å². The maximum atomic E-state index is 10.7. The normalized spacial score (nSPS) is 10.3. The van der Waals surface area contributed by atoms with Gasteiger partial charge in [0.25, 0.3) is 0 Å². The standard InChI is InChI=1S/C13H9N5O3/c19-13(20)12-7-18(17-16-12)21-11-3-1-9(2-4-11)10-5-14-8-15-6-10/h1-8H,(H,19,20). The summed E-state index contributed by atoms with van der Waals surface area (Å²) in [6.07, 6.45) is 6.06. The van der Waals surface area contributed by atoms with Crippen LogP contribution in [-0.4, -0.2) is 36.2 Å². The third-order valence-electron chi connectivity index (χ3n) is 2.64. The summed E-state index contributed by atoms with van der Waals surface area (Å²) in [4.78, 5) is 24.9. The fraction of sp³-hybridized carbons (Fsp3) is 0. The highest BCUT2D eigenvalue weighted by Crippen LogP contribution is 2.20. The molecule has 0 bridgehead atoms. The number of carboxylic acid groups (broad SMARTS) is 1. The van der Waals surface area contributed by atoms with Crippen LogP contribution in [0.3, 0.4) is 0 Å². The molecule has 1 N–H and O–H groups in total. The van der Waals surface area contributed by atoms with E-state index in [9.17, 15) is 4.79 Å². The van der Waals surface area contributed by atoms with E-state index in [1.807, 2.05) is 12.1 Å². The van der Waals surface area contributed by atoms with E-state index in [-0.39, 0.29) is 5.69 Å². The lowest BCUT2D eigenvalue weighted by Gasteiger charge is -2.04. The van der Waals surface area contributed by atoms with Gasteiger partial charge in [-0.15, -0.1) is 5.10 Å². The zero-order valence-corrected chi connectivity index (χ0v) is 10.6. The second-order valence-electron chi connectivity index (χ2n) is 4.05. The average Bonchev–Trinajstić information content (AvgIpc) is 2.98. The van der Waals surface area contributed by atoms with E-state index >= 15 is 0 Å². The summed E-state index contributed by atoms with van der Waals surface area (Å²) in [6, 6.07) is 7.13. The molecular formula is C13H9N5O3. The van der Waals surface area contributed by atoms with Gasteiger partial charge in [-0.25, -0.2) is 14.8 Å². The Morgan fingerprint density at radius 1 is 1.10 bits per heavy atom. The first kappa shape index (κ1) is 12.7. The highest BCUT2D eigenvalue weighted by atomic mass is 16.7. The summed E-state index contributed by atoms with van der Waals surface area (Å²) < 4.78 is 0. The van der Waals surface area contributed by atoms with Crippen molar-refractivity contribution in [3.63, 3.8) is 0 Å². The number of aromatic nitrogens is 5. The van der Waals surface area contributed by atoms with Crippen molar-refractivity contribution in [3.8, 4) is 16.9 Å². The largest absolute Gasteiger partial charge is 0.476 e. The molecule has 104 valence electrons. The Morgan fingerprint density at radius 3 is 2.43 bits per heavy atom. The van der Waals surface area contributed by atoms with Crippen LogP contribution in [-0.2, 0) is 0 Å². The van der Waals surface area contributed by atoms with Crippen molar-refractivity contribution in [2.24, 2.45) is 0 Å². The van der Waals surface area contributed by atoms with Crippen molar-refractivity contribution >= 4 is 5.97 Å². The maximum Gasteiger partial charge on any atom is 0.358 e. The topological polar surface area (TPSA) is 103 Å². The molecule has 0 fully saturated rings. The first-order valence-corrected chi connectivity index (χ1v) is 5.92. The minimum atomic E-state index is -1.16. The molecule has 0 aliphatic heterocycles. The highest BCUT2D eigenvalue weighted by molar-refractivity contribution is 5.84. The number of hydrogen-bond acceptors (Lipinski definition) is 6. The Hall–Kier alpha value is -3.29. The van der Waals surface area contributed by atoms with Gasteiger partial charge in [0.1, 0.15) is 12.5 Å². The maximum absolute atomic E-state index is 10.7. The van der Waals surface area contributed by atoms with E-state index in [0.717, 1.165) is 16.0 Å². The fourth-order valence-corrected chi connectivity index (χ4v) is 1.66. The summed E-state index contributed by atoms with van der Waals surface area (Å²) in [5, 5.41) is 15.7. The number of aromatic carboxylic acids is 1. The summed E-state index contributed by atoms with van der Waals surface area (Å²) in [5.74, 6) is -0.665. The molecule has 0 spiro atoms. The first-order valence-electron chi connectivity index (χ1n) is 5.92. The van der Waals surface area contributed by atoms with Gasteiger partial charge in [-0.05, 0) is 22.9 Å². The lowest BCUT2D eigenvalue weighted by Crippen LogP contribution is -2.05. The minimum absolute atomic E-state index is 0.187. The molecule has 0 saturated carbocycles. The highest BCUT2D eigenvalue weighted by Gasteiger charge is 2.09. The molecule has 0 aliphatic rings. The SMILES string of the molecule is O=C(O)c1cn(Oc2ccc(-c3cncnc3)cc2)nn1. The molecule has 0 aliphatic carbocycles. The third-order valence-corrected chi connectivity index (χ3v) is 2.64. The number of benzene rings is 1. The average molecular weight is 283 g/mol. The van der Waals surface area contributed by atoms with Gasteiger partial charge in [-0.3, -0.25) is 0 Å². The number of hydrogen-bond donors (Lipinski definition) is 1. The monoisotopic (exact) mass is 283 g/mol. The molecule has 3 aromatic rings. The van der Waals surface area contributed by atoms with Crippen molar-refractivity contribution in [1.29, 1.82) is 0 Å². The Balaban J connectivity index is 1.76. The van der Waals surface area contributed by atoms with Gasteiger partial charge in [-0.2, -0.15) is 0 Å². The van der Waals surface area contributed by atoms with E-state index in [1.165, 1.54) is 12.5 Å². The van der Waals surface area contributed by atoms with Crippen molar-refractivity contribution in [2.75, 3.05) is 0 Å². The van der Waals surface area contributed by atoms with Crippen LogP contribution in [0.5, 0.6) is 5.75 Å². The second-order valence-corrected chi connectivity index (χ2v) is 4.05. The molecule has 3 rings (SSSR count). The molecule has 0 unspecified atom stereocenters. The number of carboxylic acids is 1. The van der Waals surface area contributed by atoms with Crippen molar-refractivity contribution in [1.82, 2.24) is 25.1 Å². The minimum Gasteiger partial charge on any atom is -0.476 e. The van der Waals surface area contributed by atoms with E-state index in [0.29, 0.717) is 5.75 Å². The van der Waals surface area contributed by atoms with Gasteiger partial charge in [0.05, 0.1) is 0 Å². The summed E-state index contributed by atoms with van der Waals surface area (Å²) >= 11 is 0. The zero-order chi connectivity index (χ0) is 14.7. The van der Waals surface area contributed by atoms with Gasteiger partial charge < -0.3 is 9.94 Å². The molecule has 0 radical (unpaired) electrons. The second kappa shape index (κ2) is 5.37. The fourth-order valence-electron chi connectivity index (χ4n) is 1.66. The van der Waals surface area contributed by atoms with Crippen LogP contribution in [0, 0.1) is 0 Å². The summed E-state index contributed by atoms with van der Waals surface area (Å²) in [7, 11) is 0. The molecular weight excluding hydrogens is 274 g/mol. The Morgan fingerprint density at radius 2 is 1.81 bits per heavy atom. The molecule has 2 heterocycles. The molecule has 8 heteroatoms. The van der Waals surface area contributed by atoms with E-state index < -0.39 is 5.97 Å². The molecule has 0 atom stereocenters. The third kappa shape index (κ3) is 2.84. The molecule has 2 aromatic heterocycles. The molecule has 1 aromatic carbocycles. The van der Waals surface area contributed by atoms with Crippen molar-refractivity contribution < 1.29 is 14.7 Å². The van der Waals surface area contributed by atoms with Gasteiger partial charge in [-0.1, -0.05) is 17.0 Å². The summed E-state index contributed by atoms with van der Waals surface area (Å²) in [5.41, 5.74) is 1.64. The quantitative estimate of drug-likeness (QED) is 0.769. The summed E-state index contributed by atoms with van der Waals surface area (Å²) in [6.45, 7) is 0. The van der Waals surface area contributed by atoms with E-state index in [2.05, 4.69) is 20.3 Å². The first-order chi connectivity index (χ1) is 10.2. The molecule has 0 amide bonds. The molecule has 0 saturated heterocycles. The van der Waals surface area contributed by atoms with Gasteiger partial charge in [0.2, 0.25) is 0 Å². The van der Waals surface area contributed by atoms with E-state index in [4.69, 9.17) is 9.94 Å². The van der Waals surface area contributed by atoms with Crippen LogP contribution in [0.15, 0.2) is 49.2 Å². The van der Waals surface area contributed by atoms with Gasteiger partial charge in [0.15, 0.2) is 11.4 Å². The van der Waals surface area contributed by atoms with Gasteiger partial charge >= 0.3 is 5.97 Å². The van der Waals surface area contributed by atoms with Crippen LogP contribution >= 0.6 is 0 Å². The number of carbonyl (C=O) groups is 1. The zero-order valence-electron chi connectivity index (χ0n) is 10.6. The molecule has 21 heavy (non-hydrogen) atoms. The van der Waals surface area contributed by atoms with Crippen LogP contribution in [0.2, 0.25) is 0 Å². The predicted octanol–water partition coefficient (Wildman–Crippen LogP) is 1.28. The lowest BCUT2D eigenvalue weighted by atomic mass is 10.1. The van der Waals surface area contributed by atoms with Crippen LogP contribution in [0.1, 0.15) is 10.5 Å².